The van der Waals surface area contributed by atoms with Crippen LogP contribution in [0.5, 0.6) is 0 Å². The maximum absolute atomic E-state index is 13.8. The van der Waals surface area contributed by atoms with Crippen molar-refractivity contribution in [3.63, 3.8) is 0 Å². The van der Waals surface area contributed by atoms with Crippen LogP contribution >= 0.6 is 0 Å². The summed E-state index contributed by atoms with van der Waals surface area (Å²) in [6.45, 7) is 3.16. The highest BCUT2D eigenvalue weighted by atomic mass is 19.3. The predicted octanol–water partition coefficient (Wildman–Crippen LogP) is 4.97. The third kappa shape index (κ3) is 2.63. The van der Waals surface area contributed by atoms with Gasteiger partial charge in [0.15, 0.2) is 0 Å². The molecule has 0 aliphatic heterocycles. The van der Waals surface area contributed by atoms with Crippen molar-refractivity contribution in [2.24, 2.45) is 11.8 Å². The van der Waals surface area contributed by atoms with E-state index < -0.39 is 23.0 Å². The van der Waals surface area contributed by atoms with Gasteiger partial charge in [-0.3, -0.25) is 0 Å². The van der Waals surface area contributed by atoms with Crippen LogP contribution in [0.25, 0.3) is 0 Å². The van der Waals surface area contributed by atoms with Gasteiger partial charge in [-0.05, 0) is 44.6 Å². The van der Waals surface area contributed by atoms with Crippen molar-refractivity contribution in [1.82, 2.24) is 0 Å². The summed E-state index contributed by atoms with van der Waals surface area (Å²) >= 11 is 0. The lowest BCUT2D eigenvalue weighted by Crippen LogP contribution is -2.44. The van der Waals surface area contributed by atoms with E-state index in [-0.39, 0.29) is 5.92 Å². The van der Waals surface area contributed by atoms with Gasteiger partial charge in [-0.2, -0.15) is 17.6 Å². The Morgan fingerprint density at radius 3 is 2.20 bits per heavy atom. The highest BCUT2D eigenvalue weighted by Crippen LogP contribution is 2.46. The SMILES string of the molecule is CC1=CC=C(C#CC2CCC(C)CC2)C(F)(F)C1(F)F. The second-order valence-electron chi connectivity index (χ2n) is 5.80. The van der Waals surface area contributed by atoms with Crippen molar-refractivity contribution in [3.8, 4) is 11.8 Å². The standard InChI is InChI=1S/C16H18F4/c1-11-3-6-13(7-4-11)8-10-14-9-5-12(2)15(17,18)16(14,19)20/h5,9,11,13H,3-4,6-7H2,1-2H3. The van der Waals surface area contributed by atoms with E-state index in [0.29, 0.717) is 5.92 Å². The van der Waals surface area contributed by atoms with Crippen LogP contribution in [0.3, 0.4) is 0 Å². The number of hydrogen-bond acceptors (Lipinski definition) is 0. The van der Waals surface area contributed by atoms with Crippen molar-refractivity contribution in [3.05, 3.63) is 23.3 Å². The van der Waals surface area contributed by atoms with Crippen molar-refractivity contribution >= 4 is 0 Å². The monoisotopic (exact) mass is 286 g/mol. The number of rotatable bonds is 0. The second kappa shape index (κ2) is 5.27. The predicted molar refractivity (Wildman–Crippen MR) is 70.6 cm³/mol. The van der Waals surface area contributed by atoms with Crippen LogP contribution in [-0.4, -0.2) is 11.8 Å². The first-order chi connectivity index (χ1) is 9.25. The Kier molecular flexibility index (Phi) is 4.00. The van der Waals surface area contributed by atoms with Gasteiger partial charge in [0.25, 0.3) is 0 Å². The van der Waals surface area contributed by atoms with Crippen LogP contribution in [-0.2, 0) is 0 Å². The Morgan fingerprint density at radius 1 is 1.00 bits per heavy atom. The van der Waals surface area contributed by atoms with E-state index in [0.717, 1.165) is 44.8 Å². The molecule has 0 aromatic carbocycles. The number of allylic oxidation sites excluding steroid dienone is 4. The summed E-state index contributed by atoms with van der Waals surface area (Å²) in [6, 6.07) is 0. The minimum absolute atomic E-state index is 0.0449. The molecule has 0 heterocycles. The first-order valence-electron chi connectivity index (χ1n) is 6.92. The molecular formula is C16H18F4. The van der Waals surface area contributed by atoms with Crippen molar-refractivity contribution in [1.29, 1.82) is 0 Å². The molecule has 1 saturated carbocycles. The minimum atomic E-state index is -4.21. The molecule has 2 aliphatic rings. The molecule has 2 aliphatic carbocycles. The van der Waals surface area contributed by atoms with Gasteiger partial charge >= 0.3 is 11.8 Å². The lowest BCUT2D eigenvalue weighted by molar-refractivity contribution is -0.160. The Bertz CT molecular complexity index is 494. The smallest absolute Gasteiger partial charge is 0.194 e. The number of halogens is 4. The molecule has 0 amide bonds. The van der Waals surface area contributed by atoms with Gasteiger partial charge in [0.05, 0.1) is 5.57 Å². The Morgan fingerprint density at radius 2 is 1.60 bits per heavy atom. The molecule has 0 radical (unpaired) electrons. The molecule has 20 heavy (non-hydrogen) atoms. The first-order valence-corrected chi connectivity index (χ1v) is 6.92. The topological polar surface area (TPSA) is 0 Å². The molecule has 0 N–H and O–H groups in total. The van der Waals surface area contributed by atoms with Crippen LogP contribution in [0, 0.1) is 23.7 Å². The van der Waals surface area contributed by atoms with Gasteiger partial charge in [-0.15, -0.1) is 0 Å². The van der Waals surface area contributed by atoms with E-state index >= 15 is 0 Å². The summed E-state index contributed by atoms with van der Waals surface area (Å²) in [7, 11) is 0. The Balaban J connectivity index is 2.18. The third-order valence-corrected chi connectivity index (χ3v) is 4.15. The van der Waals surface area contributed by atoms with E-state index in [1.165, 1.54) is 0 Å². The van der Waals surface area contributed by atoms with Gasteiger partial charge in [-0.1, -0.05) is 24.8 Å². The number of alkyl halides is 4. The third-order valence-electron chi connectivity index (χ3n) is 4.15. The molecule has 0 unspecified atom stereocenters. The zero-order valence-corrected chi connectivity index (χ0v) is 11.6. The quantitative estimate of drug-likeness (QED) is 0.435. The molecule has 0 atom stereocenters. The molecule has 0 spiro atoms. The van der Waals surface area contributed by atoms with Gasteiger partial charge in [0.2, 0.25) is 0 Å². The fraction of sp³-hybridized carbons (Fsp3) is 0.625. The second-order valence-corrected chi connectivity index (χ2v) is 5.80. The molecule has 0 nitrogen and oxygen atoms in total. The zero-order valence-electron chi connectivity index (χ0n) is 11.6. The fourth-order valence-electron chi connectivity index (χ4n) is 2.54. The van der Waals surface area contributed by atoms with E-state index in [1.54, 1.807) is 0 Å². The van der Waals surface area contributed by atoms with Gasteiger partial charge in [-0.25, -0.2) is 0 Å². The van der Waals surface area contributed by atoms with Gasteiger partial charge < -0.3 is 0 Å². The highest BCUT2D eigenvalue weighted by Gasteiger charge is 2.60. The van der Waals surface area contributed by atoms with Crippen molar-refractivity contribution in [2.45, 2.75) is 51.4 Å². The van der Waals surface area contributed by atoms with Crippen LogP contribution in [0.2, 0.25) is 0 Å². The maximum atomic E-state index is 13.8. The normalized spacial score (nSPS) is 31.7. The summed E-state index contributed by atoms with van der Waals surface area (Å²) in [4.78, 5) is 0. The maximum Gasteiger partial charge on any atom is 0.346 e. The van der Waals surface area contributed by atoms with Crippen LogP contribution in [0.1, 0.15) is 39.5 Å². The van der Waals surface area contributed by atoms with Gasteiger partial charge in [0, 0.05) is 11.5 Å². The summed E-state index contributed by atoms with van der Waals surface area (Å²) in [6.07, 6.45) is 5.81. The van der Waals surface area contributed by atoms with Crippen molar-refractivity contribution in [2.75, 3.05) is 0 Å². The van der Waals surface area contributed by atoms with Crippen molar-refractivity contribution < 1.29 is 17.6 Å². The molecule has 0 aromatic rings. The molecular weight excluding hydrogens is 268 g/mol. The van der Waals surface area contributed by atoms with Crippen LogP contribution in [0.15, 0.2) is 23.3 Å². The van der Waals surface area contributed by atoms with E-state index in [2.05, 4.69) is 18.8 Å². The average Bonchev–Trinajstić information content (AvgIpc) is 2.38. The molecule has 2 rings (SSSR count). The molecule has 0 bridgehead atoms. The van der Waals surface area contributed by atoms with E-state index in [9.17, 15) is 17.6 Å². The number of hydrogen-bond donors (Lipinski definition) is 0. The molecule has 0 saturated heterocycles. The molecule has 110 valence electrons. The zero-order chi connectivity index (χ0) is 15.0. The Hall–Kier alpha value is -1.24. The average molecular weight is 286 g/mol. The van der Waals surface area contributed by atoms with Crippen LogP contribution in [0.4, 0.5) is 17.6 Å². The van der Waals surface area contributed by atoms with Crippen LogP contribution < -0.4 is 0 Å². The lowest BCUT2D eigenvalue weighted by Gasteiger charge is -2.30. The summed E-state index contributed by atoms with van der Waals surface area (Å²) in [5.41, 5.74) is -1.40. The van der Waals surface area contributed by atoms with Gasteiger partial charge in [0.1, 0.15) is 0 Å². The highest BCUT2D eigenvalue weighted by molar-refractivity contribution is 5.46. The summed E-state index contributed by atoms with van der Waals surface area (Å²) < 4.78 is 54.5. The Labute approximate surface area is 116 Å². The fourth-order valence-corrected chi connectivity index (χ4v) is 2.54. The molecule has 0 aromatic heterocycles. The summed E-state index contributed by atoms with van der Waals surface area (Å²) in [5.74, 6) is -2.60. The molecule has 4 heteroatoms. The first kappa shape index (κ1) is 15.2. The lowest BCUT2D eigenvalue weighted by atomic mass is 9.83. The minimum Gasteiger partial charge on any atom is -0.194 e. The van der Waals surface area contributed by atoms with E-state index in [4.69, 9.17) is 0 Å². The largest absolute Gasteiger partial charge is 0.346 e. The molecule has 1 fully saturated rings. The van der Waals surface area contributed by atoms with E-state index in [1.807, 2.05) is 0 Å². The summed E-state index contributed by atoms with van der Waals surface area (Å²) in [5, 5.41) is 0.